The van der Waals surface area contributed by atoms with Gasteiger partial charge < -0.3 is 15.7 Å². The summed E-state index contributed by atoms with van der Waals surface area (Å²) in [5.74, 6) is -0.965. The van der Waals surface area contributed by atoms with Crippen LogP contribution in [0.2, 0.25) is 0 Å². The van der Waals surface area contributed by atoms with E-state index in [0.717, 1.165) is 32.1 Å². The maximum Gasteiger partial charge on any atom is 0.326 e. The molecule has 1 aliphatic carbocycles. The molecule has 0 spiro atoms. The molecule has 0 aromatic carbocycles. The second kappa shape index (κ2) is 5.89. The van der Waals surface area contributed by atoms with Crippen LogP contribution < -0.4 is 10.6 Å². The maximum atomic E-state index is 11.6. The first-order valence-corrected chi connectivity index (χ1v) is 6.28. The molecule has 0 aromatic rings. The minimum Gasteiger partial charge on any atom is -0.480 e. The van der Waals surface area contributed by atoms with Gasteiger partial charge in [0.05, 0.1) is 0 Å². The number of unbranched alkanes of at least 4 members (excludes halogenated alkanes) is 1. The predicted molar refractivity (Wildman–Crippen MR) is 64.9 cm³/mol. The summed E-state index contributed by atoms with van der Waals surface area (Å²) < 4.78 is 0. The zero-order valence-electron chi connectivity index (χ0n) is 10.6. The minimum absolute atomic E-state index is 0.141. The SMILES string of the molecule is CCCC[C@H](NC(=O)NC1(C)CCC1)C(=O)O. The fourth-order valence-electron chi connectivity index (χ4n) is 1.97. The molecule has 5 nitrogen and oxygen atoms in total. The molecule has 0 radical (unpaired) electrons. The molecule has 0 heterocycles. The van der Waals surface area contributed by atoms with Gasteiger partial charge in [-0.05, 0) is 32.6 Å². The molecule has 1 saturated carbocycles. The van der Waals surface area contributed by atoms with Crippen LogP contribution in [0.5, 0.6) is 0 Å². The van der Waals surface area contributed by atoms with Gasteiger partial charge in [0.25, 0.3) is 0 Å². The van der Waals surface area contributed by atoms with Crippen molar-refractivity contribution in [1.82, 2.24) is 10.6 Å². The van der Waals surface area contributed by atoms with Crippen LogP contribution in [0.3, 0.4) is 0 Å². The van der Waals surface area contributed by atoms with Gasteiger partial charge in [-0.3, -0.25) is 0 Å². The van der Waals surface area contributed by atoms with Crippen LogP contribution in [0.15, 0.2) is 0 Å². The Hall–Kier alpha value is -1.26. The van der Waals surface area contributed by atoms with Crippen molar-refractivity contribution < 1.29 is 14.7 Å². The zero-order chi connectivity index (χ0) is 12.9. The van der Waals surface area contributed by atoms with Crippen molar-refractivity contribution in [2.75, 3.05) is 0 Å². The molecule has 0 aromatic heterocycles. The topological polar surface area (TPSA) is 78.4 Å². The largest absolute Gasteiger partial charge is 0.480 e. The number of rotatable bonds is 6. The van der Waals surface area contributed by atoms with Crippen LogP contribution >= 0.6 is 0 Å². The fourth-order valence-corrected chi connectivity index (χ4v) is 1.97. The van der Waals surface area contributed by atoms with Crippen LogP contribution in [0, 0.1) is 0 Å². The molecule has 0 bridgehead atoms. The zero-order valence-corrected chi connectivity index (χ0v) is 10.6. The number of aliphatic carboxylic acids is 1. The molecule has 0 aliphatic heterocycles. The summed E-state index contributed by atoms with van der Waals surface area (Å²) in [5.41, 5.74) is -0.141. The first-order chi connectivity index (χ1) is 7.97. The molecule has 3 N–H and O–H groups in total. The molecule has 0 unspecified atom stereocenters. The van der Waals surface area contributed by atoms with E-state index in [9.17, 15) is 9.59 Å². The van der Waals surface area contributed by atoms with Crippen molar-refractivity contribution in [2.45, 2.75) is 64.0 Å². The molecule has 17 heavy (non-hydrogen) atoms. The van der Waals surface area contributed by atoms with Crippen LogP contribution in [-0.2, 0) is 4.79 Å². The Morgan fingerprint density at radius 1 is 1.41 bits per heavy atom. The van der Waals surface area contributed by atoms with E-state index in [1.807, 2.05) is 13.8 Å². The number of carbonyl (C=O) groups is 2. The lowest BCUT2D eigenvalue weighted by Crippen LogP contribution is -2.56. The molecule has 1 rings (SSSR count). The summed E-state index contributed by atoms with van der Waals surface area (Å²) in [5, 5.41) is 14.3. The number of urea groups is 1. The number of hydrogen-bond acceptors (Lipinski definition) is 2. The lowest BCUT2D eigenvalue weighted by atomic mass is 9.79. The molecule has 98 valence electrons. The van der Waals surface area contributed by atoms with Gasteiger partial charge >= 0.3 is 12.0 Å². The van der Waals surface area contributed by atoms with Crippen molar-refractivity contribution >= 4 is 12.0 Å². The highest BCUT2D eigenvalue weighted by Gasteiger charge is 2.33. The summed E-state index contributed by atoms with van der Waals surface area (Å²) in [6.07, 6.45) is 5.25. The molecular formula is C12H22N2O3. The molecule has 2 amide bonds. The van der Waals surface area contributed by atoms with Crippen LogP contribution in [0.4, 0.5) is 4.79 Å². The van der Waals surface area contributed by atoms with Gasteiger partial charge in [-0.15, -0.1) is 0 Å². The third-order valence-corrected chi connectivity index (χ3v) is 3.32. The third-order valence-electron chi connectivity index (χ3n) is 3.32. The standard InChI is InChI=1S/C12H22N2O3/c1-3-4-6-9(10(15)16)13-11(17)14-12(2)7-5-8-12/h9H,3-8H2,1-2H3,(H,15,16)(H2,13,14,17)/t9-/m0/s1. The molecular weight excluding hydrogens is 220 g/mol. The normalized spacial score (nSPS) is 18.9. The van der Waals surface area contributed by atoms with Crippen molar-refractivity contribution in [2.24, 2.45) is 0 Å². The second-order valence-electron chi connectivity index (χ2n) is 5.05. The van der Waals surface area contributed by atoms with E-state index in [2.05, 4.69) is 10.6 Å². The van der Waals surface area contributed by atoms with E-state index in [1.165, 1.54) is 0 Å². The van der Waals surface area contributed by atoms with Crippen molar-refractivity contribution in [1.29, 1.82) is 0 Å². The van der Waals surface area contributed by atoms with E-state index in [1.54, 1.807) is 0 Å². The summed E-state index contributed by atoms with van der Waals surface area (Å²) in [7, 11) is 0. The summed E-state index contributed by atoms with van der Waals surface area (Å²) >= 11 is 0. The molecule has 0 saturated heterocycles. The quantitative estimate of drug-likeness (QED) is 0.665. The van der Waals surface area contributed by atoms with Gasteiger partial charge in [-0.2, -0.15) is 0 Å². The van der Waals surface area contributed by atoms with E-state index >= 15 is 0 Å². The van der Waals surface area contributed by atoms with Crippen molar-refractivity contribution in [3.8, 4) is 0 Å². The number of carbonyl (C=O) groups excluding carboxylic acids is 1. The smallest absolute Gasteiger partial charge is 0.326 e. The van der Waals surface area contributed by atoms with E-state index < -0.39 is 12.0 Å². The first kappa shape index (κ1) is 13.8. The van der Waals surface area contributed by atoms with Gasteiger partial charge in [-0.1, -0.05) is 19.8 Å². The minimum atomic E-state index is -0.965. The maximum absolute atomic E-state index is 11.6. The highest BCUT2D eigenvalue weighted by molar-refractivity contribution is 5.82. The lowest BCUT2D eigenvalue weighted by molar-refractivity contribution is -0.139. The Morgan fingerprint density at radius 2 is 2.06 bits per heavy atom. The Balaban J connectivity index is 2.37. The Bertz CT molecular complexity index is 287. The third kappa shape index (κ3) is 4.24. The second-order valence-corrected chi connectivity index (χ2v) is 5.05. The monoisotopic (exact) mass is 242 g/mol. The van der Waals surface area contributed by atoms with Crippen molar-refractivity contribution in [3.05, 3.63) is 0 Å². The molecule has 5 heteroatoms. The van der Waals surface area contributed by atoms with E-state index in [4.69, 9.17) is 5.11 Å². The van der Waals surface area contributed by atoms with Gasteiger partial charge in [-0.25, -0.2) is 9.59 Å². The van der Waals surface area contributed by atoms with Crippen LogP contribution in [-0.4, -0.2) is 28.7 Å². The van der Waals surface area contributed by atoms with Gasteiger partial charge in [0.1, 0.15) is 6.04 Å². The van der Waals surface area contributed by atoms with Gasteiger partial charge in [0.2, 0.25) is 0 Å². The summed E-state index contributed by atoms with van der Waals surface area (Å²) in [4.78, 5) is 22.6. The average Bonchev–Trinajstić information content (AvgIpc) is 2.21. The lowest BCUT2D eigenvalue weighted by Gasteiger charge is -2.39. The first-order valence-electron chi connectivity index (χ1n) is 6.28. The number of nitrogens with one attached hydrogen (secondary N) is 2. The highest BCUT2D eigenvalue weighted by atomic mass is 16.4. The molecule has 1 aliphatic rings. The van der Waals surface area contributed by atoms with Gasteiger partial charge in [0.15, 0.2) is 0 Å². The molecule has 1 fully saturated rings. The van der Waals surface area contributed by atoms with Crippen LogP contribution in [0.1, 0.15) is 52.4 Å². The number of hydrogen-bond donors (Lipinski definition) is 3. The Kier molecular flexibility index (Phi) is 4.78. The van der Waals surface area contributed by atoms with E-state index in [-0.39, 0.29) is 11.6 Å². The Morgan fingerprint density at radius 3 is 2.47 bits per heavy atom. The fraction of sp³-hybridized carbons (Fsp3) is 0.833. The predicted octanol–water partition coefficient (Wildman–Crippen LogP) is 1.87. The van der Waals surface area contributed by atoms with E-state index in [0.29, 0.717) is 6.42 Å². The number of carboxylic acids is 1. The number of amides is 2. The number of carboxylic acid groups (broad SMARTS) is 1. The van der Waals surface area contributed by atoms with Gasteiger partial charge in [0, 0.05) is 5.54 Å². The van der Waals surface area contributed by atoms with Crippen molar-refractivity contribution in [3.63, 3.8) is 0 Å². The molecule has 1 atom stereocenters. The highest BCUT2D eigenvalue weighted by Crippen LogP contribution is 2.30. The van der Waals surface area contributed by atoms with Crippen LogP contribution in [0.25, 0.3) is 0 Å². The summed E-state index contributed by atoms with van der Waals surface area (Å²) in [6.45, 7) is 3.98. The Labute approximate surface area is 102 Å². The average molecular weight is 242 g/mol. The summed E-state index contributed by atoms with van der Waals surface area (Å²) in [6, 6.07) is -1.14.